The average Bonchev–Trinajstić information content (AvgIpc) is 3.09. The average molecular weight is 352 g/mol. The van der Waals surface area contributed by atoms with Crippen LogP contribution in [-0.4, -0.2) is 46.9 Å². The zero-order valence-corrected chi connectivity index (χ0v) is 15.7. The summed E-state index contributed by atoms with van der Waals surface area (Å²) in [5.74, 6) is 1.30. The fourth-order valence-corrected chi connectivity index (χ4v) is 3.34. The van der Waals surface area contributed by atoms with Crippen molar-refractivity contribution < 1.29 is 14.3 Å². The van der Waals surface area contributed by atoms with Crippen molar-refractivity contribution in [3.63, 3.8) is 0 Å². The molecule has 1 fully saturated rings. The van der Waals surface area contributed by atoms with Gasteiger partial charge in [0.2, 0.25) is 0 Å². The minimum atomic E-state index is -0.374. The lowest BCUT2D eigenvalue weighted by molar-refractivity contribution is -0.145. The molecule has 0 saturated heterocycles. The minimum Gasteiger partial charge on any atom is -0.351 e. The SMILES string of the molecule is CCOC(Cn1cc(C(=O)NCC2CCC(CC)CC2)nn1)OCC. The highest BCUT2D eigenvalue weighted by atomic mass is 16.7. The van der Waals surface area contributed by atoms with Gasteiger partial charge in [0, 0.05) is 19.8 Å². The summed E-state index contributed by atoms with van der Waals surface area (Å²) < 4.78 is 12.6. The number of rotatable bonds is 10. The Morgan fingerprint density at radius 3 is 2.44 bits per heavy atom. The molecule has 1 saturated carbocycles. The first-order chi connectivity index (χ1) is 12.2. The number of amides is 1. The lowest BCUT2D eigenvalue weighted by Gasteiger charge is -2.27. The van der Waals surface area contributed by atoms with Crippen molar-refractivity contribution in [3.05, 3.63) is 11.9 Å². The highest BCUT2D eigenvalue weighted by molar-refractivity contribution is 5.91. The molecule has 142 valence electrons. The Morgan fingerprint density at radius 2 is 1.84 bits per heavy atom. The van der Waals surface area contributed by atoms with Crippen LogP contribution < -0.4 is 5.32 Å². The van der Waals surface area contributed by atoms with Crippen LogP contribution in [0.4, 0.5) is 0 Å². The molecule has 7 heteroatoms. The second-order valence-electron chi connectivity index (χ2n) is 6.67. The van der Waals surface area contributed by atoms with Crippen LogP contribution in [0, 0.1) is 11.8 Å². The molecule has 1 N–H and O–H groups in total. The van der Waals surface area contributed by atoms with Crippen LogP contribution in [0.3, 0.4) is 0 Å². The normalized spacial score (nSPS) is 20.8. The molecular formula is C18H32N4O3. The van der Waals surface area contributed by atoms with Gasteiger partial charge >= 0.3 is 0 Å². The number of ether oxygens (including phenoxy) is 2. The van der Waals surface area contributed by atoms with Gasteiger partial charge in [-0.15, -0.1) is 5.10 Å². The third-order valence-corrected chi connectivity index (χ3v) is 4.91. The third kappa shape index (κ3) is 6.40. The number of aromatic nitrogens is 3. The van der Waals surface area contributed by atoms with Crippen molar-refractivity contribution in [2.24, 2.45) is 11.8 Å². The van der Waals surface area contributed by atoms with E-state index >= 15 is 0 Å². The first-order valence-electron chi connectivity index (χ1n) is 9.57. The summed E-state index contributed by atoms with van der Waals surface area (Å²) in [7, 11) is 0. The summed E-state index contributed by atoms with van der Waals surface area (Å²) in [6.07, 6.45) is 7.51. The van der Waals surface area contributed by atoms with E-state index in [0.29, 0.717) is 31.4 Å². The lowest BCUT2D eigenvalue weighted by atomic mass is 9.81. The second-order valence-corrected chi connectivity index (χ2v) is 6.67. The van der Waals surface area contributed by atoms with E-state index in [4.69, 9.17) is 9.47 Å². The Balaban J connectivity index is 1.77. The van der Waals surface area contributed by atoms with Crippen LogP contribution in [0.25, 0.3) is 0 Å². The maximum Gasteiger partial charge on any atom is 0.273 e. The molecule has 1 aliphatic carbocycles. The van der Waals surface area contributed by atoms with Gasteiger partial charge in [-0.2, -0.15) is 0 Å². The van der Waals surface area contributed by atoms with Gasteiger partial charge in [-0.3, -0.25) is 4.79 Å². The fraction of sp³-hybridized carbons (Fsp3) is 0.833. The monoisotopic (exact) mass is 352 g/mol. The molecule has 0 aromatic carbocycles. The van der Waals surface area contributed by atoms with Crippen LogP contribution >= 0.6 is 0 Å². The van der Waals surface area contributed by atoms with Crippen molar-refractivity contribution in [2.45, 2.75) is 65.7 Å². The van der Waals surface area contributed by atoms with Gasteiger partial charge in [0.15, 0.2) is 12.0 Å². The molecule has 0 atom stereocenters. The van der Waals surface area contributed by atoms with Crippen molar-refractivity contribution in [2.75, 3.05) is 19.8 Å². The van der Waals surface area contributed by atoms with E-state index in [1.54, 1.807) is 10.9 Å². The summed E-state index contributed by atoms with van der Waals surface area (Å²) >= 11 is 0. The standard InChI is InChI=1S/C18H32N4O3/c1-4-14-7-9-15(10-8-14)11-19-18(23)16-12-22(21-20-16)13-17(24-5-2)25-6-3/h12,14-15,17H,4-11,13H2,1-3H3,(H,19,23). The number of hydrogen-bond acceptors (Lipinski definition) is 5. The topological polar surface area (TPSA) is 78.3 Å². The van der Waals surface area contributed by atoms with Crippen LogP contribution in [0.1, 0.15) is 63.4 Å². The van der Waals surface area contributed by atoms with Crippen LogP contribution in [0.5, 0.6) is 0 Å². The molecule has 0 radical (unpaired) electrons. The zero-order chi connectivity index (χ0) is 18.1. The van der Waals surface area contributed by atoms with Gasteiger partial charge in [-0.1, -0.05) is 31.4 Å². The molecule has 7 nitrogen and oxygen atoms in total. The van der Waals surface area contributed by atoms with E-state index in [9.17, 15) is 4.79 Å². The molecule has 1 aromatic rings. The maximum atomic E-state index is 12.3. The summed E-state index contributed by atoms with van der Waals surface area (Å²) in [6.45, 7) is 8.36. The van der Waals surface area contributed by atoms with Crippen molar-refractivity contribution in [1.29, 1.82) is 0 Å². The quantitative estimate of drug-likeness (QED) is 0.655. The van der Waals surface area contributed by atoms with Crippen LogP contribution in [0.15, 0.2) is 6.20 Å². The van der Waals surface area contributed by atoms with Crippen molar-refractivity contribution >= 4 is 5.91 Å². The Bertz CT molecular complexity index is 506. The molecular weight excluding hydrogens is 320 g/mol. The Kier molecular flexibility index (Phi) is 8.34. The highest BCUT2D eigenvalue weighted by Gasteiger charge is 2.21. The lowest BCUT2D eigenvalue weighted by Crippen LogP contribution is -2.31. The Hall–Kier alpha value is -1.47. The van der Waals surface area contributed by atoms with E-state index in [0.717, 1.165) is 12.5 Å². The number of carbonyl (C=O) groups excluding carboxylic acids is 1. The van der Waals surface area contributed by atoms with E-state index in [2.05, 4.69) is 22.6 Å². The zero-order valence-electron chi connectivity index (χ0n) is 15.7. The number of carbonyl (C=O) groups is 1. The van der Waals surface area contributed by atoms with Gasteiger partial charge in [0.25, 0.3) is 5.91 Å². The Labute approximate surface area is 150 Å². The molecule has 0 spiro atoms. The molecule has 0 aliphatic heterocycles. The fourth-order valence-electron chi connectivity index (χ4n) is 3.34. The third-order valence-electron chi connectivity index (χ3n) is 4.91. The first kappa shape index (κ1) is 19.8. The van der Waals surface area contributed by atoms with Gasteiger partial charge in [-0.25, -0.2) is 4.68 Å². The molecule has 0 unspecified atom stereocenters. The van der Waals surface area contributed by atoms with Crippen molar-refractivity contribution in [3.8, 4) is 0 Å². The summed E-state index contributed by atoms with van der Waals surface area (Å²) in [5, 5.41) is 11.0. The number of hydrogen-bond donors (Lipinski definition) is 1. The molecule has 1 amide bonds. The van der Waals surface area contributed by atoms with E-state index in [-0.39, 0.29) is 12.2 Å². The predicted octanol–water partition coefficient (Wildman–Crippen LogP) is 2.62. The van der Waals surface area contributed by atoms with Gasteiger partial charge in [-0.05, 0) is 38.5 Å². The van der Waals surface area contributed by atoms with Crippen LogP contribution in [-0.2, 0) is 16.0 Å². The van der Waals surface area contributed by atoms with E-state index in [1.165, 1.54) is 32.1 Å². The first-order valence-corrected chi connectivity index (χ1v) is 9.57. The van der Waals surface area contributed by atoms with Crippen molar-refractivity contribution in [1.82, 2.24) is 20.3 Å². The predicted molar refractivity (Wildman–Crippen MR) is 95.1 cm³/mol. The van der Waals surface area contributed by atoms with E-state index in [1.807, 2.05) is 13.8 Å². The van der Waals surface area contributed by atoms with Gasteiger partial charge in [0.1, 0.15) is 0 Å². The molecule has 25 heavy (non-hydrogen) atoms. The largest absolute Gasteiger partial charge is 0.351 e. The number of nitrogens with one attached hydrogen (secondary N) is 1. The molecule has 2 rings (SSSR count). The second kappa shape index (κ2) is 10.5. The number of nitrogens with zero attached hydrogens (tertiary/aromatic N) is 3. The van der Waals surface area contributed by atoms with Crippen LogP contribution in [0.2, 0.25) is 0 Å². The molecule has 0 bridgehead atoms. The Morgan fingerprint density at radius 1 is 1.20 bits per heavy atom. The van der Waals surface area contributed by atoms with Gasteiger partial charge < -0.3 is 14.8 Å². The maximum absolute atomic E-state index is 12.3. The summed E-state index contributed by atoms with van der Waals surface area (Å²) in [4.78, 5) is 12.3. The summed E-state index contributed by atoms with van der Waals surface area (Å²) in [5.41, 5.74) is 0.342. The molecule has 1 heterocycles. The van der Waals surface area contributed by atoms with E-state index < -0.39 is 0 Å². The highest BCUT2D eigenvalue weighted by Crippen LogP contribution is 2.30. The summed E-state index contributed by atoms with van der Waals surface area (Å²) in [6, 6.07) is 0. The van der Waals surface area contributed by atoms with Gasteiger partial charge in [0.05, 0.1) is 12.7 Å². The smallest absolute Gasteiger partial charge is 0.273 e. The molecule has 1 aliphatic rings. The minimum absolute atomic E-state index is 0.159. The molecule has 1 aromatic heterocycles.